The van der Waals surface area contributed by atoms with Crippen molar-refractivity contribution in [3.8, 4) is 11.5 Å². The molecule has 204 valence electrons. The maximum absolute atomic E-state index is 14.2. The van der Waals surface area contributed by atoms with E-state index in [-0.39, 0.29) is 18.4 Å². The maximum Gasteiger partial charge on any atom is 0.249 e. The van der Waals surface area contributed by atoms with Crippen molar-refractivity contribution in [2.45, 2.75) is 39.8 Å². The number of carbonyl (C=O) groups excluding carboxylic acids is 2. The second-order valence-corrected chi connectivity index (χ2v) is 9.82. The van der Waals surface area contributed by atoms with Crippen molar-refractivity contribution in [3.05, 3.63) is 77.9 Å². The van der Waals surface area contributed by atoms with Gasteiger partial charge in [-0.05, 0) is 49.1 Å². The van der Waals surface area contributed by atoms with Crippen molar-refractivity contribution in [1.29, 1.82) is 0 Å². The summed E-state index contributed by atoms with van der Waals surface area (Å²) in [6, 6.07) is 19.3. The number of aryl methyl sites for hydroxylation is 1. The summed E-state index contributed by atoms with van der Waals surface area (Å²) < 4.78 is 12.6. The summed E-state index contributed by atoms with van der Waals surface area (Å²) in [5, 5.41) is 11.4. The Morgan fingerprint density at radius 3 is 2.44 bits per heavy atom. The minimum absolute atomic E-state index is 0.128. The van der Waals surface area contributed by atoms with Crippen LogP contribution in [0, 0.1) is 12.8 Å². The highest BCUT2D eigenvalue weighted by atomic mass is 16.5. The Hall–Kier alpha value is -4.40. The first kappa shape index (κ1) is 27.6. The number of rotatable bonds is 11. The molecule has 2 amide bonds. The predicted octanol–water partition coefficient (Wildman–Crippen LogP) is 4.69. The number of fused-ring (bicyclic) bond motifs is 1. The normalized spacial score (nSPS) is 11.8. The second-order valence-electron chi connectivity index (χ2n) is 9.82. The summed E-state index contributed by atoms with van der Waals surface area (Å²) in [4.78, 5) is 29.6. The molecule has 3 aromatic carbocycles. The van der Waals surface area contributed by atoms with E-state index in [2.05, 4.69) is 29.5 Å². The molecule has 4 rings (SSSR count). The van der Waals surface area contributed by atoms with Gasteiger partial charge in [0.1, 0.15) is 29.6 Å². The molecule has 9 heteroatoms. The van der Waals surface area contributed by atoms with Crippen molar-refractivity contribution >= 4 is 28.5 Å². The van der Waals surface area contributed by atoms with Crippen LogP contribution in [0.15, 0.2) is 66.7 Å². The van der Waals surface area contributed by atoms with Crippen molar-refractivity contribution in [3.63, 3.8) is 0 Å². The number of hydrogen-bond acceptors (Lipinski definition) is 6. The van der Waals surface area contributed by atoms with E-state index in [1.165, 1.54) is 12.0 Å². The highest BCUT2D eigenvalue weighted by Gasteiger charge is 2.35. The number of amides is 2. The Labute approximate surface area is 228 Å². The maximum atomic E-state index is 14.2. The summed E-state index contributed by atoms with van der Waals surface area (Å²) in [5.41, 5.74) is 3.57. The summed E-state index contributed by atoms with van der Waals surface area (Å²) >= 11 is 0. The fourth-order valence-corrected chi connectivity index (χ4v) is 4.39. The summed E-state index contributed by atoms with van der Waals surface area (Å²) in [7, 11) is 3.08. The van der Waals surface area contributed by atoms with Crippen molar-refractivity contribution < 1.29 is 19.1 Å². The van der Waals surface area contributed by atoms with E-state index >= 15 is 0 Å². The zero-order valence-corrected chi connectivity index (χ0v) is 23.0. The molecule has 39 heavy (non-hydrogen) atoms. The van der Waals surface area contributed by atoms with E-state index < -0.39 is 6.04 Å². The summed E-state index contributed by atoms with van der Waals surface area (Å²) in [6.07, 6.45) is 0.817. The Bertz CT molecular complexity index is 1430. The molecule has 9 nitrogen and oxygen atoms in total. The van der Waals surface area contributed by atoms with Crippen LogP contribution in [0.5, 0.6) is 11.5 Å². The fourth-order valence-electron chi connectivity index (χ4n) is 4.39. The highest BCUT2D eigenvalue weighted by Crippen LogP contribution is 2.38. The lowest BCUT2D eigenvalue weighted by Crippen LogP contribution is -2.45. The van der Waals surface area contributed by atoms with Crippen LogP contribution in [-0.4, -0.2) is 47.6 Å². The predicted molar refractivity (Wildman–Crippen MR) is 151 cm³/mol. The first-order valence-corrected chi connectivity index (χ1v) is 13.0. The van der Waals surface area contributed by atoms with Crippen LogP contribution in [0.2, 0.25) is 0 Å². The molecule has 0 unspecified atom stereocenters. The molecule has 0 saturated carbocycles. The van der Waals surface area contributed by atoms with E-state index in [4.69, 9.17) is 9.47 Å². The highest BCUT2D eigenvalue weighted by molar-refractivity contribution is 6.02. The molecule has 1 N–H and O–H groups in total. The van der Waals surface area contributed by atoms with E-state index in [0.717, 1.165) is 17.5 Å². The molecule has 0 radical (unpaired) electrons. The monoisotopic (exact) mass is 529 g/mol. The van der Waals surface area contributed by atoms with E-state index in [1.54, 1.807) is 30.0 Å². The molecule has 0 aliphatic heterocycles. The number of methoxy groups -OCH3 is 2. The van der Waals surface area contributed by atoms with Gasteiger partial charge in [-0.25, -0.2) is 4.68 Å². The summed E-state index contributed by atoms with van der Waals surface area (Å²) in [6.45, 7) is 6.55. The van der Waals surface area contributed by atoms with Gasteiger partial charge in [-0.15, -0.1) is 5.10 Å². The zero-order valence-electron chi connectivity index (χ0n) is 23.0. The van der Waals surface area contributed by atoms with E-state index in [9.17, 15) is 9.59 Å². The number of benzene rings is 3. The number of para-hydroxylation sites is 1. The van der Waals surface area contributed by atoms with Gasteiger partial charge in [-0.3, -0.25) is 14.5 Å². The lowest BCUT2D eigenvalue weighted by Gasteiger charge is -2.32. The molecule has 0 saturated heterocycles. The molecule has 1 aromatic heterocycles. The van der Waals surface area contributed by atoms with Crippen LogP contribution in [0.3, 0.4) is 0 Å². The van der Waals surface area contributed by atoms with Crippen LogP contribution >= 0.6 is 0 Å². The van der Waals surface area contributed by atoms with Crippen LogP contribution in [0.4, 0.5) is 5.69 Å². The number of carbonyl (C=O) groups is 2. The van der Waals surface area contributed by atoms with E-state index in [1.807, 2.05) is 55.5 Å². The van der Waals surface area contributed by atoms with Gasteiger partial charge in [0.25, 0.3) is 0 Å². The molecule has 0 spiro atoms. The standard InChI is InChI=1S/C30H35N5O4/c1-20(2)16-17-31-30(37)29(22-12-10-21(3)11-13-22)35(26-15-14-23(38-4)18-27(26)39-5)28(36)19-34-25-9-7-6-8-24(25)32-33-34/h6-15,18,20,29H,16-17,19H2,1-5H3,(H,31,37)/t29-/m1/s1. The minimum Gasteiger partial charge on any atom is -0.497 e. The molecule has 0 aliphatic carbocycles. The van der Waals surface area contributed by atoms with Gasteiger partial charge in [0, 0.05) is 12.6 Å². The van der Waals surface area contributed by atoms with Crippen LogP contribution in [-0.2, 0) is 16.1 Å². The second kappa shape index (κ2) is 12.4. The average Bonchev–Trinajstić information content (AvgIpc) is 3.34. The third kappa shape index (κ3) is 6.37. The number of nitrogens with one attached hydrogen (secondary N) is 1. The Kier molecular flexibility index (Phi) is 8.81. The Balaban J connectivity index is 1.83. The molecule has 1 atom stereocenters. The quantitative estimate of drug-likeness (QED) is 0.303. The fraction of sp³-hybridized carbons (Fsp3) is 0.333. The number of ether oxygens (including phenoxy) is 2. The average molecular weight is 530 g/mol. The zero-order chi connectivity index (χ0) is 27.9. The first-order valence-electron chi connectivity index (χ1n) is 13.0. The van der Waals surface area contributed by atoms with Gasteiger partial charge in [0.2, 0.25) is 11.8 Å². The molecular formula is C30H35N5O4. The summed E-state index contributed by atoms with van der Waals surface area (Å²) in [5.74, 6) is 0.757. The van der Waals surface area contributed by atoms with Crippen LogP contribution in [0.25, 0.3) is 11.0 Å². The molecule has 0 aliphatic rings. The molecule has 0 bridgehead atoms. The van der Waals surface area contributed by atoms with Crippen LogP contribution < -0.4 is 19.7 Å². The largest absolute Gasteiger partial charge is 0.497 e. The van der Waals surface area contributed by atoms with Gasteiger partial charge in [-0.2, -0.15) is 0 Å². The lowest BCUT2D eigenvalue weighted by atomic mass is 10.0. The SMILES string of the molecule is COc1ccc(N(C(=O)Cn2nnc3ccccc32)[C@@H](C(=O)NCCC(C)C)c2ccc(C)cc2)c(OC)c1. The Morgan fingerprint density at radius 2 is 1.74 bits per heavy atom. The first-order chi connectivity index (χ1) is 18.8. The number of hydrogen-bond donors (Lipinski definition) is 1. The molecule has 1 heterocycles. The molecule has 4 aromatic rings. The van der Waals surface area contributed by atoms with Gasteiger partial charge in [0.15, 0.2) is 0 Å². The topological polar surface area (TPSA) is 98.6 Å². The number of nitrogens with zero attached hydrogens (tertiary/aromatic N) is 4. The van der Waals surface area contributed by atoms with Gasteiger partial charge >= 0.3 is 0 Å². The van der Waals surface area contributed by atoms with Gasteiger partial charge in [0.05, 0.1) is 25.4 Å². The van der Waals surface area contributed by atoms with E-state index in [0.29, 0.717) is 40.7 Å². The number of anilines is 1. The van der Waals surface area contributed by atoms with Gasteiger partial charge < -0.3 is 14.8 Å². The molecule has 0 fully saturated rings. The Morgan fingerprint density at radius 1 is 1.00 bits per heavy atom. The molecular weight excluding hydrogens is 494 g/mol. The van der Waals surface area contributed by atoms with Crippen molar-refractivity contribution in [2.24, 2.45) is 5.92 Å². The van der Waals surface area contributed by atoms with Crippen LogP contribution in [0.1, 0.15) is 37.4 Å². The van der Waals surface area contributed by atoms with Gasteiger partial charge in [-0.1, -0.05) is 61.0 Å². The smallest absolute Gasteiger partial charge is 0.249 e. The van der Waals surface area contributed by atoms with Crippen molar-refractivity contribution in [1.82, 2.24) is 20.3 Å². The third-order valence-corrected chi connectivity index (χ3v) is 6.54. The lowest BCUT2D eigenvalue weighted by molar-refractivity contribution is -0.127. The third-order valence-electron chi connectivity index (χ3n) is 6.54. The minimum atomic E-state index is -0.956. The van der Waals surface area contributed by atoms with Crippen molar-refractivity contribution in [2.75, 3.05) is 25.7 Å². The number of aromatic nitrogens is 3.